The zero-order chi connectivity index (χ0) is 9.26. The van der Waals surface area contributed by atoms with E-state index in [2.05, 4.69) is 29.4 Å². The van der Waals surface area contributed by atoms with Gasteiger partial charge < -0.3 is 5.32 Å². The molecule has 0 saturated carbocycles. The smallest absolute Gasteiger partial charge is 0.0697 e. The normalized spacial score (nSPS) is 23.4. The van der Waals surface area contributed by atoms with Crippen LogP contribution in [0.2, 0.25) is 0 Å². The molecule has 3 heteroatoms. The fourth-order valence-electron chi connectivity index (χ4n) is 1.99. The van der Waals surface area contributed by atoms with E-state index in [-0.39, 0.29) is 0 Å². The maximum atomic E-state index is 4.37. The predicted octanol–water partition coefficient (Wildman–Crippen LogP) is 1.49. The van der Waals surface area contributed by atoms with E-state index in [0.29, 0.717) is 5.92 Å². The number of aryl methyl sites for hydroxylation is 1. The highest BCUT2D eigenvalue weighted by Crippen LogP contribution is 2.25. The Morgan fingerprint density at radius 1 is 1.38 bits per heavy atom. The van der Waals surface area contributed by atoms with Crippen molar-refractivity contribution in [3.63, 3.8) is 0 Å². The van der Waals surface area contributed by atoms with Gasteiger partial charge in [-0.05, 0) is 38.8 Å². The second kappa shape index (κ2) is 3.50. The van der Waals surface area contributed by atoms with Gasteiger partial charge in [-0.2, -0.15) is 5.10 Å². The summed E-state index contributed by atoms with van der Waals surface area (Å²) in [5, 5.41) is 10.8. The second-order valence-electron chi connectivity index (χ2n) is 3.90. The van der Waals surface area contributed by atoms with Crippen LogP contribution in [0.3, 0.4) is 0 Å². The molecule has 13 heavy (non-hydrogen) atoms. The van der Waals surface area contributed by atoms with Crippen molar-refractivity contribution >= 4 is 0 Å². The van der Waals surface area contributed by atoms with Gasteiger partial charge in [0.2, 0.25) is 0 Å². The zero-order valence-electron chi connectivity index (χ0n) is 8.35. The molecule has 0 radical (unpaired) electrons. The molecule has 1 aliphatic heterocycles. The molecule has 1 aliphatic rings. The molecule has 1 atom stereocenters. The topological polar surface area (TPSA) is 40.7 Å². The summed E-state index contributed by atoms with van der Waals surface area (Å²) in [5.74, 6) is 0.624. The largest absolute Gasteiger partial charge is 0.316 e. The number of hydrogen-bond acceptors (Lipinski definition) is 2. The van der Waals surface area contributed by atoms with Crippen molar-refractivity contribution in [3.8, 4) is 0 Å². The molecule has 1 aromatic heterocycles. The molecular weight excluding hydrogens is 162 g/mol. The van der Waals surface area contributed by atoms with E-state index < -0.39 is 0 Å². The number of nitrogens with one attached hydrogen (secondary N) is 2. The number of hydrogen-bond donors (Lipinski definition) is 2. The average Bonchev–Trinajstić information content (AvgIpc) is 2.49. The van der Waals surface area contributed by atoms with E-state index in [4.69, 9.17) is 0 Å². The van der Waals surface area contributed by atoms with Crippen LogP contribution in [0.4, 0.5) is 0 Å². The Morgan fingerprint density at radius 2 is 2.23 bits per heavy atom. The minimum absolute atomic E-state index is 0.624. The Hall–Kier alpha value is -0.830. The summed E-state index contributed by atoms with van der Waals surface area (Å²) in [5.41, 5.74) is 3.82. The first-order chi connectivity index (χ1) is 6.29. The van der Waals surface area contributed by atoms with Gasteiger partial charge in [0.15, 0.2) is 0 Å². The van der Waals surface area contributed by atoms with Crippen LogP contribution in [0.25, 0.3) is 0 Å². The lowest BCUT2D eigenvalue weighted by Crippen LogP contribution is -2.28. The Bertz CT molecular complexity index is 284. The highest BCUT2D eigenvalue weighted by atomic mass is 15.1. The lowest BCUT2D eigenvalue weighted by molar-refractivity contribution is 0.453. The van der Waals surface area contributed by atoms with Crippen LogP contribution in [0.5, 0.6) is 0 Å². The van der Waals surface area contributed by atoms with Gasteiger partial charge in [0, 0.05) is 18.2 Å². The summed E-state index contributed by atoms with van der Waals surface area (Å²) in [4.78, 5) is 0. The van der Waals surface area contributed by atoms with Crippen molar-refractivity contribution in [2.45, 2.75) is 32.6 Å². The third kappa shape index (κ3) is 1.61. The summed E-state index contributed by atoms with van der Waals surface area (Å²) in [7, 11) is 0. The molecule has 72 valence electrons. The van der Waals surface area contributed by atoms with Gasteiger partial charge in [0.25, 0.3) is 0 Å². The molecular formula is C10H17N3. The fourth-order valence-corrected chi connectivity index (χ4v) is 1.99. The summed E-state index contributed by atoms with van der Waals surface area (Å²) in [6.07, 6.45) is 2.55. The number of piperidine rings is 1. The van der Waals surface area contributed by atoms with Crippen LogP contribution in [0.1, 0.15) is 35.7 Å². The quantitative estimate of drug-likeness (QED) is 0.685. The van der Waals surface area contributed by atoms with Crippen molar-refractivity contribution in [2.75, 3.05) is 13.1 Å². The first-order valence-corrected chi connectivity index (χ1v) is 5.01. The molecule has 1 saturated heterocycles. The predicted molar refractivity (Wildman–Crippen MR) is 52.9 cm³/mol. The van der Waals surface area contributed by atoms with Crippen molar-refractivity contribution in [2.24, 2.45) is 0 Å². The first-order valence-electron chi connectivity index (χ1n) is 5.01. The van der Waals surface area contributed by atoms with Gasteiger partial charge in [-0.1, -0.05) is 0 Å². The van der Waals surface area contributed by atoms with Crippen LogP contribution in [0, 0.1) is 13.8 Å². The van der Waals surface area contributed by atoms with Crippen molar-refractivity contribution < 1.29 is 0 Å². The van der Waals surface area contributed by atoms with Gasteiger partial charge in [0.05, 0.1) is 5.69 Å². The molecule has 3 nitrogen and oxygen atoms in total. The number of aromatic amines is 1. The van der Waals surface area contributed by atoms with E-state index in [1.807, 2.05) is 0 Å². The third-order valence-electron chi connectivity index (χ3n) is 2.97. The molecule has 2 N–H and O–H groups in total. The van der Waals surface area contributed by atoms with Crippen LogP contribution in [-0.2, 0) is 0 Å². The summed E-state index contributed by atoms with van der Waals surface area (Å²) in [6, 6.07) is 0. The van der Waals surface area contributed by atoms with E-state index in [1.165, 1.54) is 36.3 Å². The molecule has 0 amide bonds. The summed E-state index contributed by atoms with van der Waals surface area (Å²) < 4.78 is 0. The molecule has 1 fully saturated rings. The summed E-state index contributed by atoms with van der Waals surface area (Å²) >= 11 is 0. The van der Waals surface area contributed by atoms with Crippen LogP contribution < -0.4 is 5.32 Å². The van der Waals surface area contributed by atoms with Gasteiger partial charge in [-0.3, -0.25) is 5.10 Å². The Kier molecular flexibility index (Phi) is 2.36. The SMILES string of the molecule is Cc1[nH]nc(C2CCCNC2)c1C. The van der Waals surface area contributed by atoms with E-state index in [1.54, 1.807) is 0 Å². The standard InChI is InChI=1S/C10H17N3/c1-7-8(2)12-13-10(7)9-4-3-5-11-6-9/h9,11H,3-6H2,1-2H3,(H,12,13). The molecule has 0 aliphatic carbocycles. The van der Waals surface area contributed by atoms with Gasteiger partial charge >= 0.3 is 0 Å². The van der Waals surface area contributed by atoms with E-state index in [9.17, 15) is 0 Å². The molecule has 2 rings (SSSR count). The molecule has 0 spiro atoms. The van der Waals surface area contributed by atoms with Gasteiger partial charge in [-0.25, -0.2) is 0 Å². The van der Waals surface area contributed by atoms with Crippen LogP contribution in [-0.4, -0.2) is 23.3 Å². The molecule has 0 aromatic carbocycles. The van der Waals surface area contributed by atoms with Crippen molar-refractivity contribution in [3.05, 3.63) is 17.0 Å². The third-order valence-corrected chi connectivity index (χ3v) is 2.97. The lowest BCUT2D eigenvalue weighted by atomic mass is 9.93. The average molecular weight is 179 g/mol. The second-order valence-corrected chi connectivity index (χ2v) is 3.90. The highest BCUT2D eigenvalue weighted by Gasteiger charge is 2.19. The van der Waals surface area contributed by atoms with Crippen molar-refractivity contribution in [1.29, 1.82) is 0 Å². The number of rotatable bonds is 1. The minimum Gasteiger partial charge on any atom is -0.316 e. The van der Waals surface area contributed by atoms with Crippen molar-refractivity contribution in [1.82, 2.24) is 15.5 Å². The van der Waals surface area contributed by atoms with Gasteiger partial charge in [-0.15, -0.1) is 0 Å². The fraction of sp³-hybridized carbons (Fsp3) is 0.700. The monoisotopic (exact) mass is 179 g/mol. The molecule has 1 aromatic rings. The molecule has 2 heterocycles. The first kappa shape index (κ1) is 8.75. The van der Waals surface area contributed by atoms with Crippen LogP contribution >= 0.6 is 0 Å². The van der Waals surface area contributed by atoms with Crippen LogP contribution in [0.15, 0.2) is 0 Å². The minimum atomic E-state index is 0.624. The molecule has 1 unspecified atom stereocenters. The lowest BCUT2D eigenvalue weighted by Gasteiger charge is -2.21. The number of H-pyrrole nitrogens is 1. The Balaban J connectivity index is 2.18. The van der Waals surface area contributed by atoms with E-state index >= 15 is 0 Å². The Morgan fingerprint density at radius 3 is 2.77 bits per heavy atom. The maximum Gasteiger partial charge on any atom is 0.0697 e. The molecule has 0 bridgehead atoms. The summed E-state index contributed by atoms with van der Waals surface area (Å²) in [6.45, 7) is 6.49. The number of nitrogens with zero attached hydrogens (tertiary/aromatic N) is 1. The van der Waals surface area contributed by atoms with Gasteiger partial charge in [0.1, 0.15) is 0 Å². The maximum absolute atomic E-state index is 4.37. The van der Waals surface area contributed by atoms with E-state index in [0.717, 1.165) is 6.54 Å². The zero-order valence-corrected chi connectivity index (χ0v) is 8.35. The number of aromatic nitrogens is 2. The highest BCUT2D eigenvalue weighted by molar-refractivity contribution is 5.26. The Labute approximate surface area is 78.9 Å².